The molecule has 2 aromatic carbocycles. The second-order valence-corrected chi connectivity index (χ2v) is 12.8. The number of hydrogen-bond donors (Lipinski definition) is 3. The Hall–Kier alpha value is -3.99. The number of nitrogens with one attached hydrogen (secondary N) is 2. The number of nitrogens with zero attached hydrogens (tertiary/aromatic N) is 3. The topological polar surface area (TPSA) is 118 Å². The summed E-state index contributed by atoms with van der Waals surface area (Å²) >= 11 is 0. The van der Waals surface area contributed by atoms with Crippen LogP contribution >= 0.6 is 0 Å². The lowest BCUT2D eigenvalue weighted by molar-refractivity contribution is -0.315. The number of carbonyl (C=O) groups excluding carboxylic acids is 3. The second-order valence-electron chi connectivity index (χ2n) is 12.8. The molecule has 8 rings (SSSR count). The van der Waals surface area contributed by atoms with Crippen LogP contribution in [0.2, 0.25) is 0 Å². The molecule has 0 unspecified atom stereocenters. The molecule has 1 aromatic heterocycles. The van der Waals surface area contributed by atoms with Gasteiger partial charge in [-0.05, 0) is 61.6 Å². The minimum Gasteiger partial charge on any atom is -0.361 e. The Morgan fingerprint density at radius 1 is 1.16 bits per heavy atom. The minimum absolute atomic E-state index is 0.144. The molecule has 6 atom stereocenters. The molecule has 10 nitrogen and oxygen atoms in total. The first kappa shape index (κ1) is 26.6. The summed E-state index contributed by atoms with van der Waals surface area (Å²) in [5, 5.41) is 16.1. The summed E-state index contributed by atoms with van der Waals surface area (Å²) in [6.07, 6.45) is 6.38. The van der Waals surface area contributed by atoms with E-state index in [0.717, 1.165) is 28.6 Å². The van der Waals surface area contributed by atoms with E-state index in [1.54, 1.807) is 4.90 Å². The summed E-state index contributed by atoms with van der Waals surface area (Å²) in [6, 6.07) is 14.1. The maximum absolute atomic E-state index is 14.2. The van der Waals surface area contributed by atoms with E-state index >= 15 is 0 Å². The fourth-order valence-electron chi connectivity index (χ4n) is 8.12. The Balaban J connectivity index is 1.11. The zero-order valence-corrected chi connectivity index (χ0v) is 24.2. The van der Waals surface area contributed by atoms with Crippen molar-refractivity contribution >= 4 is 34.2 Å². The minimum atomic E-state index is -2.04. The largest absolute Gasteiger partial charge is 0.361 e. The zero-order chi connectivity index (χ0) is 29.7. The molecule has 3 saturated heterocycles. The van der Waals surface area contributed by atoms with Gasteiger partial charge in [-0.25, -0.2) is 0 Å². The van der Waals surface area contributed by atoms with Crippen LogP contribution in [-0.2, 0) is 32.0 Å². The van der Waals surface area contributed by atoms with E-state index in [1.807, 2.05) is 49.5 Å². The van der Waals surface area contributed by atoms with Crippen molar-refractivity contribution in [2.24, 2.45) is 5.92 Å². The van der Waals surface area contributed by atoms with Gasteiger partial charge in [0.1, 0.15) is 12.1 Å². The number of benzene rings is 2. The van der Waals surface area contributed by atoms with Crippen molar-refractivity contribution in [3.8, 4) is 0 Å². The zero-order valence-electron chi connectivity index (χ0n) is 24.2. The molecular weight excluding hydrogens is 546 g/mol. The molecule has 43 heavy (non-hydrogen) atoms. The monoisotopic (exact) mass is 581 g/mol. The van der Waals surface area contributed by atoms with Crippen molar-refractivity contribution in [3.63, 3.8) is 0 Å². The van der Waals surface area contributed by atoms with Crippen LogP contribution in [0.15, 0.2) is 60.8 Å². The van der Waals surface area contributed by atoms with Gasteiger partial charge in [-0.15, -0.1) is 0 Å². The highest BCUT2D eigenvalue weighted by atomic mass is 16.7. The standard InChI is InChI=1S/C33H35N5O5/c1-32(35-29(39)21-15-23-22-10-6-11-24-28(22)20(17-34-24)16-25(23)36(2)18-21)31(41)38-26(14-19-8-4-3-5-9-19)30(40)37-13-7-12-27(37)33(38,42)43-32/h3-6,8-11,15,17,21,25-27,34,42H,7,12-14,16,18H2,1-2H3,(H,35,39)/t21-,25+,26+,27+,32-,33-/m0/s1. The summed E-state index contributed by atoms with van der Waals surface area (Å²) in [6.45, 7) is 2.45. The van der Waals surface area contributed by atoms with Crippen LogP contribution in [0.5, 0.6) is 0 Å². The maximum Gasteiger partial charge on any atom is 0.280 e. The Morgan fingerprint density at radius 3 is 2.79 bits per heavy atom. The van der Waals surface area contributed by atoms with Gasteiger partial charge in [-0.2, -0.15) is 0 Å². The summed E-state index contributed by atoms with van der Waals surface area (Å²) in [4.78, 5) is 50.2. The third kappa shape index (κ3) is 3.79. The first-order valence-corrected chi connectivity index (χ1v) is 15.1. The van der Waals surface area contributed by atoms with Gasteiger partial charge >= 0.3 is 0 Å². The molecule has 3 amide bonds. The number of piperazine rings is 1. The third-order valence-electron chi connectivity index (χ3n) is 10.1. The Labute approximate surface area is 249 Å². The first-order chi connectivity index (χ1) is 20.7. The van der Waals surface area contributed by atoms with Crippen LogP contribution in [0, 0.1) is 5.92 Å². The van der Waals surface area contributed by atoms with Gasteiger partial charge in [0.2, 0.25) is 17.5 Å². The van der Waals surface area contributed by atoms with E-state index in [9.17, 15) is 19.5 Å². The Morgan fingerprint density at radius 2 is 1.98 bits per heavy atom. The van der Waals surface area contributed by atoms with Crippen molar-refractivity contribution in [2.45, 2.75) is 62.4 Å². The summed E-state index contributed by atoms with van der Waals surface area (Å²) < 4.78 is 6.23. The van der Waals surface area contributed by atoms with E-state index in [0.29, 0.717) is 25.9 Å². The van der Waals surface area contributed by atoms with Gasteiger partial charge in [0, 0.05) is 42.7 Å². The molecule has 4 aliphatic heterocycles. The molecule has 3 aromatic rings. The van der Waals surface area contributed by atoms with E-state index in [1.165, 1.54) is 22.8 Å². The number of rotatable bonds is 4. The van der Waals surface area contributed by atoms with Crippen molar-refractivity contribution in [1.82, 2.24) is 25.0 Å². The molecule has 0 radical (unpaired) electrons. The van der Waals surface area contributed by atoms with Crippen LogP contribution < -0.4 is 5.32 Å². The van der Waals surface area contributed by atoms with E-state index in [2.05, 4.69) is 33.5 Å². The van der Waals surface area contributed by atoms with Gasteiger partial charge in [-0.1, -0.05) is 48.5 Å². The first-order valence-electron chi connectivity index (χ1n) is 15.1. The summed E-state index contributed by atoms with van der Waals surface area (Å²) in [5.41, 5.74) is 3.58. The number of amides is 3. The van der Waals surface area contributed by atoms with Crippen LogP contribution in [0.4, 0.5) is 0 Å². The molecule has 3 N–H and O–H groups in total. The molecule has 5 aliphatic rings. The van der Waals surface area contributed by atoms with Crippen molar-refractivity contribution in [1.29, 1.82) is 0 Å². The van der Waals surface area contributed by atoms with E-state index in [-0.39, 0.29) is 24.3 Å². The van der Waals surface area contributed by atoms with Crippen molar-refractivity contribution in [2.75, 3.05) is 20.1 Å². The summed E-state index contributed by atoms with van der Waals surface area (Å²) in [5.74, 6) is -3.77. The molecule has 5 heterocycles. The fourth-order valence-corrected chi connectivity index (χ4v) is 8.12. The third-order valence-corrected chi connectivity index (χ3v) is 10.1. The van der Waals surface area contributed by atoms with Crippen molar-refractivity contribution in [3.05, 3.63) is 77.5 Å². The summed E-state index contributed by atoms with van der Waals surface area (Å²) in [7, 11) is 2.02. The predicted octanol–water partition coefficient (Wildman–Crippen LogP) is 1.99. The highest BCUT2D eigenvalue weighted by Gasteiger charge is 2.70. The van der Waals surface area contributed by atoms with Crippen LogP contribution in [0.3, 0.4) is 0 Å². The number of aromatic amines is 1. The Kier molecular flexibility index (Phi) is 5.73. The highest BCUT2D eigenvalue weighted by molar-refractivity contribution is 6.00. The number of ether oxygens (including phenoxy) is 1. The van der Waals surface area contributed by atoms with E-state index < -0.39 is 35.5 Å². The molecule has 0 spiro atoms. The van der Waals surface area contributed by atoms with Gasteiger partial charge in [-0.3, -0.25) is 28.9 Å². The van der Waals surface area contributed by atoms with E-state index in [4.69, 9.17) is 4.74 Å². The average Bonchev–Trinajstić information content (AvgIpc) is 3.70. The average molecular weight is 582 g/mol. The molecule has 0 bridgehead atoms. The molecular formula is C33H35N5O5. The number of H-pyrrole nitrogens is 1. The number of fused-ring (bicyclic) bond motifs is 5. The number of aromatic nitrogens is 1. The van der Waals surface area contributed by atoms with Crippen LogP contribution in [0.25, 0.3) is 16.5 Å². The molecule has 3 fully saturated rings. The predicted molar refractivity (Wildman–Crippen MR) is 158 cm³/mol. The number of carbonyl (C=O) groups is 3. The van der Waals surface area contributed by atoms with Crippen LogP contribution in [-0.4, -0.2) is 92.4 Å². The SMILES string of the molecule is CN1C[C@@H](C(=O)N[C@@]2(C)O[C@@]3(O)[C@H]4CCCN4C(=O)[C@@H](Cc4ccccc4)N3C2=O)C=C2c3cccc4[nH]cc(c34)C[C@H]21. The van der Waals surface area contributed by atoms with Gasteiger partial charge in [0.25, 0.3) is 11.8 Å². The van der Waals surface area contributed by atoms with Gasteiger partial charge in [0.15, 0.2) is 0 Å². The lowest BCUT2D eigenvalue weighted by atomic mass is 9.79. The second kappa shape index (κ2) is 9.25. The lowest BCUT2D eigenvalue weighted by Crippen LogP contribution is -2.71. The molecule has 0 saturated carbocycles. The quantitative estimate of drug-likeness (QED) is 0.434. The normalized spacial score (nSPS) is 33.3. The van der Waals surface area contributed by atoms with Gasteiger partial charge < -0.3 is 20.3 Å². The molecule has 222 valence electrons. The lowest BCUT2D eigenvalue weighted by Gasteiger charge is -2.48. The highest BCUT2D eigenvalue weighted by Crippen LogP contribution is 2.46. The fraction of sp³-hybridized carbons (Fsp3) is 0.424. The van der Waals surface area contributed by atoms with Gasteiger partial charge in [0.05, 0.1) is 5.92 Å². The van der Waals surface area contributed by atoms with Crippen LogP contribution in [0.1, 0.15) is 36.5 Å². The number of aliphatic hydroxyl groups is 1. The maximum atomic E-state index is 14.2. The number of likely N-dealkylation sites (N-methyl/N-ethyl adjacent to an activating group) is 1. The molecule has 10 heteroatoms. The smallest absolute Gasteiger partial charge is 0.280 e. The molecule has 1 aliphatic carbocycles. The number of hydrogen-bond acceptors (Lipinski definition) is 6. The van der Waals surface area contributed by atoms with Crippen molar-refractivity contribution < 1.29 is 24.2 Å². The Bertz CT molecular complexity index is 1700.